The second-order valence-electron chi connectivity index (χ2n) is 4.00. The van der Waals surface area contributed by atoms with Crippen molar-refractivity contribution < 1.29 is 0 Å². The number of nitrogens with zero attached hydrogens (tertiary/aromatic N) is 1. The van der Waals surface area contributed by atoms with Gasteiger partial charge in [0, 0.05) is 28.6 Å². The van der Waals surface area contributed by atoms with Crippen LogP contribution in [0.4, 0.5) is 0 Å². The standard InChI is InChI=1S/C12H15BrN2/c1-8(6-14)9-3-4-12-10(5-9)11(13)7-15(12)2/h3-5,7-8H,6,14H2,1-2H3. The fourth-order valence-electron chi connectivity index (χ4n) is 1.80. The lowest BCUT2D eigenvalue weighted by atomic mass is 10.0. The Morgan fingerprint density at radius 1 is 1.47 bits per heavy atom. The molecule has 1 aromatic carbocycles. The van der Waals surface area contributed by atoms with Gasteiger partial charge in [-0.2, -0.15) is 0 Å². The molecule has 15 heavy (non-hydrogen) atoms. The summed E-state index contributed by atoms with van der Waals surface area (Å²) < 4.78 is 3.27. The quantitative estimate of drug-likeness (QED) is 0.890. The third-order valence-corrected chi connectivity index (χ3v) is 3.52. The minimum absolute atomic E-state index is 0.418. The molecule has 1 aromatic heterocycles. The number of aryl methyl sites for hydroxylation is 1. The van der Waals surface area contributed by atoms with Crippen molar-refractivity contribution in [3.05, 3.63) is 34.4 Å². The first-order chi connectivity index (χ1) is 7.13. The number of hydrogen-bond donors (Lipinski definition) is 1. The topological polar surface area (TPSA) is 30.9 Å². The summed E-state index contributed by atoms with van der Waals surface area (Å²) in [7, 11) is 2.05. The maximum Gasteiger partial charge on any atom is 0.0489 e. The van der Waals surface area contributed by atoms with Crippen LogP contribution in [0.5, 0.6) is 0 Å². The molecule has 2 rings (SSSR count). The Morgan fingerprint density at radius 3 is 2.87 bits per heavy atom. The van der Waals surface area contributed by atoms with Crippen LogP contribution in [0, 0.1) is 0 Å². The van der Waals surface area contributed by atoms with Crippen LogP contribution in [-0.4, -0.2) is 11.1 Å². The third kappa shape index (κ3) is 1.82. The highest BCUT2D eigenvalue weighted by Crippen LogP contribution is 2.28. The predicted molar refractivity (Wildman–Crippen MR) is 68.1 cm³/mol. The Balaban J connectivity index is 2.60. The second kappa shape index (κ2) is 3.99. The van der Waals surface area contributed by atoms with E-state index in [1.165, 1.54) is 16.5 Å². The van der Waals surface area contributed by atoms with E-state index in [0.29, 0.717) is 12.5 Å². The first-order valence-corrected chi connectivity index (χ1v) is 5.87. The number of nitrogens with two attached hydrogens (primary N) is 1. The van der Waals surface area contributed by atoms with Crippen LogP contribution in [-0.2, 0) is 7.05 Å². The fourth-order valence-corrected chi connectivity index (χ4v) is 2.43. The number of benzene rings is 1. The van der Waals surface area contributed by atoms with Crippen LogP contribution >= 0.6 is 15.9 Å². The average Bonchev–Trinajstić information content (AvgIpc) is 2.53. The highest BCUT2D eigenvalue weighted by molar-refractivity contribution is 9.10. The van der Waals surface area contributed by atoms with Gasteiger partial charge in [-0.3, -0.25) is 0 Å². The van der Waals surface area contributed by atoms with E-state index in [4.69, 9.17) is 5.73 Å². The Morgan fingerprint density at radius 2 is 2.20 bits per heavy atom. The number of rotatable bonds is 2. The molecule has 0 aliphatic rings. The first-order valence-electron chi connectivity index (χ1n) is 5.08. The van der Waals surface area contributed by atoms with Gasteiger partial charge in [0.2, 0.25) is 0 Å². The molecule has 0 spiro atoms. The van der Waals surface area contributed by atoms with Crippen LogP contribution in [0.15, 0.2) is 28.9 Å². The lowest BCUT2D eigenvalue weighted by Gasteiger charge is -2.09. The maximum atomic E-state index is 5.67. The molecule has 0 aliphatic carbocycles. The molecule has 0 amide bonds. The van der Waals surface area contributed by atoms with Gasteiger partial charge in [0.1, 0.15) is 0 Å². The van der Waals surface area contributed by atoms with Crippen LogP contribution in [0.25, 0.3) is 10.9 Å². The molecule has 0 aliphatic heterocycles. The van der Waals surface area contributed by atoms with Gasteiger partial charge in [0.15, 0.2) is 0 Å². The zero-order valence-corrected chi connectivity index (χ0v) is 10.6. The molecule has 2 aromatic rings. The molecule has 0 radical (unpaired) electrons. The Bertz CT molecular complexity index is 488. The van der Waals surface area contributed by atoms with Crippen LogP contribution in [0.2, 0.25) is 0 Å². The van der Waals surface area contributed by atoms with E-state index in [9.17, 15) is 0 Å². The maximum absolute atomic E-state index is 5.67. The molecule has 80 valence electrons. The highest BCUT2D eigenvalue weighted by atomic mass is 79.9. The first kappa shape index (κ1) is 10.7. The molecule has 3 heteroatoms. The van der Waals surface area contributed by atoms with Crippen LogP contribution in [0.3, 0.4) is 0 Å². The molecule has 0 saturated heterocycles. The molecular weight excluding hydrogens is 252 g/mol. The van der Waals surface area contributed by atoms with E-state index >= 15 is 0 Å². The predicted octanol–water partition coefficient (Wildman–Crippen LogP) is 3.00. The van der Waals surface area contributed by atoms with Crippen molar-refractivity contribution in [3.8, 4) is 0 Å². The van der Waals surface area contributed by atoms with Gasteiger partial charge in [0.05, 0.1) is 0 Å². The van der Waals surface area contributed by atoms with Gasteiger partial charge >= 0.3 is 0 Å². The van der Waals surface area contributed by atoms with Crippen LogP contribution < -0.4 is 5.73 Å². The zero-order valence-electron chi connectivity index (χ0n) is 9.00. The number of aromatic nitrogens is 1. The number of hydrogen-bond acceptors (Lipinski definition) is 1. The van der Waals surface area contributed by atoms with Crippen molar-refractivity contribution >= 4 is 26.8 Å². The monoisotopic (exact) mass is 266 g/mol. The van der Waals surface area contributed by atoms with Crippen molar-refractivity contribution in [2.45, 2.75) is 12.8 Å². The van der Waals surface area contributed by atoms with Gasteiger partial charge in [0.25, 0.3) is 0 Å². The van der Waals surface area contributed by atoms with Gasteiger partial charge in [-0.1, -0.05) is 13.0 Å². The lowest BCUT2D eigenvalue weighted by molar-refractivity contribution is 0.775. The molecular formula is C12H15BrN2. The van der Waals surface area contributed by atoms with Crippen molar-refractivity contribution in [1.29, 1.82) is 0 Å². The van der Waals surface area contributed by atoms with E-state index in [1.54, 1.807) is 0 Å². The van der Waals surface area contributed by atoms with E-state index in [2.05, 4.69) is 58.9 Å². The smallest absolute Gasteiger partial charge is 0.0489 e. The summed E-state index contributed by atoms with van der Waals surface area (Å²) in [6.45, 7) is 2.84. The SMILES string of the molecule is CC(CN)c1ccc2c(c1)c(Br)cn2C. The van der Waals surface area contributed by atoms with E-state index in [-0.39, 0.29) is 0 Å². The van der Waals surface area contributed by atoms with E-state index in [0.717, 1.165) is 4.47 Å². The zero-order chi connectivity index (χ0) is 11.0. The summed E-state index contributed by atoms with van der Waals surface area (Å²) in [5.41, 5.74) is 8.22. The molecule has 2 N–H and O–H groups in total. The minimum Gasteiger partial charge on any atom is -0.349 e. The Hall–Kier alpha value is -0.800. The molecule has 1 unspecified atom stereocenters. The second-order valence-corrected chi connectivity index (χ2v) is 4.86. The van der Waals surface area contributed by atoms with Crippen molar-refractivity contribution in [3.63, 3.8) is 0 Å². The van der Waals surface area contributed by atoms with Gasteiger partial charge in [-0.05, 0) is 46.1 Å². The van der Waals surface area contributed by atoms with Crippen molar-refractivity contribution in [1.82, 2.24) is 4.57 Å². The summed E-state index contributed by atoms with van der Waals surface area (Å²) >= 11 is 3.57. The molecule has 0 fully saturated rings. The number of fused-ring (bicyclic) bond motifs is 1. The minimum atomic E-state index is 0.418. The summed E-state index contributed by atoms with van der Waals surface area (Å²) in [6.07, 6.45) is 2.08. The lowest BCUT2D eigenvalue weighted by Crippen LogP contribution is -2.08. The van der Waals surface area contributed by atoms with E-state index in [1.807, 2.05) is 0 Å². The Labute approximate surface area is 98.2 Å². The molecule has 1 atom stereocenters. The van der Waals surface area contributed by atoms with Crippen LogP contribution in [0.1, 0.15) is 18.4 Å². The molecule has 0 saturated carbocycles. The average molecular weight is 267 g/mol. The number of halogens is 1. The summed E-state index contributed by atoms with van der Waals surface area (Å²) in [6, 6.07) is 6.53. The van der Waals surface area contributed by atoms with Gasteiger partial charge in [-0.25, -0.2) is 0 Å². The van der Waals surface area contributed by atoms with Crippen molar-refractivity contribution in [2.24, 2.45) is 12.8 Å². The molecule has 0 bridgehead atoms. The fraction of sp³-hybridized carbons (Fsp3) is 0.333. The van der Waals surface area contributed by atoms with E-state index < -0.39 is 0 Å². The van der Waals surface area contributed by atoms with Gasteiger partial charge in [-0.15, -0.1) is 0 Å². The normalized spacial score (nSPS) is 13.3. The molecule has 2 nitrogen and oxygen atoms in total. The largest absolute Gasteiger partial charge is 0.349 e. The summed E-state index contributed by atoms with van der Waals surface area (Å²) in [5, 5.41) is 1.26. The summed E-state index contributed by atoms with van der Waals surface area (Å²) in [4.78, 5) is 0. The summed E-state index contributed by atoms with van der Waals surface area (Å²) in [5.74, 6) is 0.418. The Kier molecular flexibility index (Phi) is 2.85. The van der Waals surface area contributed by atoms with Crippen molar-refractivity contribution in [2.75, 3.05) is 6.54 Å². The highest BCUT2D eigenvalue weighted by Gasteiger charge is 2.08. The van der Waals surface area contributed by atoms with Gasteiger partial charge < -0.3 is 10.3 Å². The molecule has 1 heterocycles. The third-order valence-electron chi connectivity index (χ3n) is 2.89.